The van der Waals surface area contributed by atoms with Gasteiger partial charge in [0.1, 0.15) is 5.84 Å². The van der Waals surface area contributed by atoms with Gasteiger partial charge in [-0.15, -0.1) is 0 Å². The highest BCUT2D eigenvalue weighted by molar-refractivity contribution is 6.02. The Morgan fingerprint density at radius 1 is 1.23 bits per heavy atom. The Morgan fingerprint density at radius 3 is 2.82 bits per heavy atom. The predicted octanol–water partition coefficient (Wildman–Crippen LogP) is 1.81. The second-order valence-corrected chi connectivity index (χ2v) is 5.28. The number of allylic oxidation sites excluding steroid dienone is 1. The molecule has 106 valence electrons. The second kappa shape index (κ2) is 4.71. The van der Waals surface area contributed by atoms with Gasteiger partial charge in [0.05, 0.1) is 17.3 Å². The molecular weight excluding hydrogens is 276 g/mol. The molecule has 1 aromatic carbocycles. The third-order valence-corrected chi connectivity index (χ3v) is 3.96. The van der Waals surface area contributed by atoms with Crippen molar-refractivity contribution in [2.45, 2.75) is 6.42 Å². The van der Waals surface area contributed by atoms with Gasteiger partial charge in [0.15, 0.2) is 0 Å². The Bertz CT molecular complexity index is 834. The van der Waals surface area contributed by atoms with Crippen molar-refractivity contribution in [1.82, 2.24) is 10.2 Å². The van der Waals surface area contributed by atoms with E-state index in [0.717, 1.165) is 41.3 Å². The molecule has 1 N–H and O–H groups in total. The molecule has 0 fully saturated rings. The number of carbonyl (C=O) groups excluding carboxylic acids is 1. The molecule has 0 aromatic heterocycles. The highest BCUT2D eigenvalue weighted by Crippen LogP contribution is 2.34. The first-order chi connectivity index (χ1) is 10.8. The fourth-order valence-corrected chi connectivity index (χ4v) is 2.94. The minimum Gasteiger partial charge on any atom is -0.324 e. The summed E-state index contributed by atoms with van der Waals surface area (Å²) in [6.07, 6.45) is 5.91. The van der Waals surface area contributed by atoms with E-state index in [4.69, 9.17) is 5.26 Å². The van der Waals surface area contributed by atoms with Crippen molar-refractivity contribution in [1.29, 1.82) is 5.26 Å². The summed E-state index contributed by atoms with van der Waals surface area (Å²) < 4.78 is 0. The van der Waals surface area contributed by atoms with Gasteiger partial charge in [-0.3, -0.25) is 4.79 Å². The van der Waals surface area contributed by atoms with Crippen LogP contribution in [0.2, 0.25) is 0 Å². The van der Waals surface area contributed by atoms with Gasteiger partial charge in [0.2, 0.25) is 5.91 Å². The van der Waals surface area contributed by atoms with Crippen molar-refractivity contribution in [3.63, 3.8) is 0 Å². The highest BCUT2D eigenvalue weighted by atomic mass is 16.1. The molecule has 3 aliphatic heterocycles. The summed E-state index contributed by atoms with van der Waals surface area (Å²) in [5.74, 6) is 0.752. The molecule has 0 aliphatic carbocycles. The zero-order chi connectivity index (χ0) is 15.1. The first-order valence-corrected chi connectivity index (χ1v) is 7.05. The smallest absolute Gasteiger partial charge is 0.248 e. The van der Waals surface area contributed by atoms with Crippen LogP contribution in [0.5, 0.6) is 0 Å². The van der Waals surface area contributed by atoms with E-state index in [0.29, 0.717) is 5.56 Å². The number of carbonyl (C=O) groups is 1. The topological polar surface area (TPSA) is 68.5 Å². The Morgan fingerprint density at radius 2 is 2.05 bits per heavy atom. The van der Waals surface area contributed by atoms with E-state index in [1.807, 2.05) is 12.1 Å². The van der Waals surface area contributed by atoms with Crippen molar-refractivity contribution in [3.05, 3.63) is 70.7 Å². The lowest BCUT2D eigenvalue weighted by Crippen LogP contribution is -2.31. The molecule has 0 radical (unpaired) electrons. The van der Waals surface area contributed by atoms with Crippen LogP contribution in [0.4, 0.5) is 0 Å². The lowest BCUT2D eigenvalue weighted by Gasteiger charge is -2.27. The summed E-state index contributed by atoms with van der Waals surface area (Å²) in [7, 11) is 0. The maximum absolute atomic E-state index is 11.7. The minimum atomic E-state index is -0.0976. The molecule has 5 heteroatoms. The molecule has 3 heterocycles. The molecule has 1 amide bonds. The first-order valence-electron chi connectivity index (χ1n) is 7.05. The normalized spacial score (nSPS) is 19.0. The summed E-state index contributed by atoms with van der Waals surface area (Å²) in [5, 5.41) is 11.8. The largest absolute Gasteiger partial charge is 0.324 e. The fraction of sp³-hybridized carbons (Fsp3) is 0.118. The van der Waals surface area contributed by atoms with E-state index in [2.05, 4.69) is 21.3 Å². The summed E-state index contributed by atoms with van der Waals surface area (Å²) in [6.45, 7) is 0.787. The molecule has 0 atom stereocenters. The molecule has 4 rings (SSSR count). The second-order valence-electron chi connectivity index (χ2n) is 5.28. The Labute approximate surface area is 127 Å². The van der Waals surface area contributed by atoms with Crippen LogP contribution in [-0.2, 0) is 4.79 Å². The lowest BCUT2D eigenvalue weighted by molar-refractivity contribution is -0.115. The first kappa shape index (κ1) is 12.6. The van der Waals surface area contributed by atoms with Crippen molar-refractivity contribution >= 4 is 11.7 Å². The quantitative estimate of drug-likeness (QED) is 0.857. The third-order valence-electron chi connectivity index (χ3n) is 3.96. The zero-order valence-electron chi connectivity index (χ0n) is 11.7. The monoisotopic (exact) mass is 288 g/mol. The van der Waals surface area contributed by atoms with Gasteiger partial charge in [0.25, 0.3) is 0 Å². The molecule has 0 saturated carbocycles. The van der Waals surface area contributed by atoms with Gasteiger partial charge in [0, 0.05) is 42.1 Å². The van der Waals surface area contributed by atoms with Crippen LogP contribution in [0, 0.1) is 11.3 Å². The molecule has 1 aromatic rings. The molecule has 0 saturated heterocycles. The lowest BCUT2D eigenvalue weighted by atomic mass is 10.1. The number of nitrogens with zero attached hydrogens (tertiary/aromatic N) is 3. The highest BCUT2D eigenvalue weighted by Gasteiger charge is 2.32. The molecular formula is C17H12N4O. The van der Waals surface area contributed by atoms with E-state index in [1.54, 1.807) is 24.4 Å². The summed E-state index contributed by atoms with van der Waals surface area (Å²) >= 11 is 0. The molecule has 22 heavy (non-hydrogen) atoms. The average molecular weight is 288 g/mol. The van der Waals surface area contributed by atoms with Crippen molar-refractivity contribution in [2.75, 3.05) is 6.54 Å². The van der Waals surface area contributed by atoms with Crippen molar-refractivity contribution in [3.8, 4) is 6.07 Å². The standard InChI is InChI=1S/C17H12N4O/c18-9-11-1-3-12(4-2-11)17-19-10-13-5-6-15(22)20-14-7-8-21(17)16(13)14/h1-6,10H,7-8H2,(H,20,22). The number of hydrogen-bond donors (Lipinski definition) is 1. The minimum absolute atomic E-state index is 0.0976. The van der Waals surface area contributed by atoms with Gasteiger partial charge in [-0.1, -0.05) is 0 Å². The van der Waals surface area contributed by atoms with Crippen molar-refractivity contribution < 1.29 is 4.79 Å². The van der Waals surface area contributed by atoms with Crippen LogP contribution in [0.1, 0.15) is 17.5 Å². The molecule has 0 unspecified atom stereocenters. The van der Waals surface area contributed by atoms with Crippen LogP contribution >= 0.6 is 0 Å². The number of benzene rings is 1. The molecule has 5 nitrogen and oxygen atoms in total. The Balaban J connectivity index is 1.79. The summed E-state index contributed by atoms with van der Waals surface area (Å²) in [6, 6.07) is 9.50. The number of amidine groups is 1. The Hall–Kier alpha value is -3.13. The predicted molar refractivity (Wildman–Crippen MR) is 81.4 cm³/mol. The van der Waals surface area contributed by atoms with E-state index >= 15 is 0 Å². The number of nitriles is 1. The van der Waals surface area contributed by atoms with Crippen LogP contribution in [0.3, 0.4) is 0 Å². The number of hydrogen-bond acceptors (Lipinski definition) is 4. The Kier molecular flexibility index (Phi) is 2.70. The molecule has 0 spiro atoms. The molecule has 0 bridgehead atoms. The van der Waals surface area contributed by atoms with E-state index < -0.39 is 0 Å². The van der Waals surface area contributed by atoms with Gasteiger partial charge >= 0.3 is 0 Å². The summed E-state index contributed by atoms with van der Waals surface area (Å²) in [5.41, 5.74) is 4.51. The zero-order valence-corrected chi connectivity index (χ0v) is 11.7. The molecule has 3 aliphatic rings. The van der Waals surface area contributed by atoms with Gasteiger partial charge < -0.3 is 10.2 Å². The third kappa shape index (κ3) is 1.85. The van der Waals surface area contributed by atoms with Gasteiger partial charge in [-0.2, -0.15) is 5.26 Å². The van der Waals surface area contributed by atoms with Crippen LogP contribution in [0.25, 0.3) is 0 Å². The average Bonchev–Trinajstić information content (AvgIpc) is 2.89. The maximum atomic E-state index is 11.7. The SMILES string of the molecule is N#Cc1ccc(C2=NC=C3C=CC(=O)NC4=C3N2CC4)cc1. The number of amides is 1. The fourth-order valence-electron chi connectivity index (χ4n) is 2.94. The van der Waals surface area contributed by atoms with Gasteiger partial charge in [-0.05, 0) is 30.3 Å². The van der Waals surface area contributed by atoms with Crippen LogP contribution < -0.4 is 5.32 Å². The van der Waals surface area contributed by atoms with Crippen LogP contribution in [-0.4, -0.2) is 23.2 Å². The number of aliphatic imine (C=N–C) groups is 1. The van der Waals surface area contributed by atoms with Crippen molar-refractivity contribution in [2.24, 2.45) is 4.99 Å². The van der Waals surface area contributed by atoms with E-state index in [1.165, 1.54) is 6.08 Å². The van der Waals surface area contributed by atoms with Gasteiger partial charge in [-0.25, -0.2) is 4.99 Å². The van der Waals surface area contributed by atoms with E-state index in [-0.39, 0.29) is 5.91 Å². The number of nitrogens with one attached hydrogen (secondary N) is 1. The van der Waals surface area contributed by atoms with Crippen LogP contribution in [0.15, 0.2) is 64.6 Å². The number of rotatable bonds is 1. The summed E-state index contributed by atoms with van der Waals surface area (Å²) in [4.78, 5) is 18.4. The maximum Gasteiger partial charge on any atom is 0.248 e. The van der Waals surface area contributed by atoms with E-state index in [9.17, 15) is 4.79 Å².